The van der Waals surface area contributed by atoms with E-state index in [4.69, 9.17) is 21.5 Å². The van der Waals surface area contributed by atoms with Crippen molar-refractivity contribution in [3.63, 3.8) is 0 Å². The Balaban J connectivity index is 1.04. The number of nitrogens with zero attached hydrogens (tertiary/aromatic N) is 6. The highest BCUT2D eigenvalue weighted by atomic mass is 15.1. The fraction of sp³-hybridized carbons (Fsp3) is 0. The van der Waals surface area contributed by atoms with Gasteiger partial charge in [-0.05, 0) is 78.4 Å². The molecule has 6 heteroatoms. The molecular formula is C58H36N6. The van der Waals surface area contributed by atoms with E-state index < -0.39 is 0 Å². The van der Waals surface area contributed by atoms with Gasteiger partial charge in [-0.1, -0.05) is 140 Å². The summed E-state index contributed by atoms with van der Waals surface area (Å²) in [6, 6.07) is 73.3. The predicted octanol–water partition coefficient (Wildman–Crippen LogP) is 15.0. The molecule has 0 atom stereocenters. The second-order valence-corrected chi connectivity index (χ2v) is 15.9. The fourth-order valence-corrected chi connectivity index (χ4v) is 9.21. The number of aromatic nitrogens is 5. The van der Waals surface area contributed by atoms with Gasteiger partial charge >= 0.3 is 0 Å². The van der Waals surface area contributed by atoms with Crippen LogP contribution in [0.25, 0.3) is 116 Å². The zero-order chi connectivity index (χ0) is 42.6. The van der Waals surface area contributed by atoms with E-state index in [2.05, 4.69) is 172 Å². The van der Waals surface area contributed by atoms with Crippen LogP contribution in [0.1, 0.15) is 0 Å². The molecule has 7 aromatic carbocycles. The van der Waals surface area contributed by atoms with Crippen LogP contribution in [0.15, 0.2) is 219 Å². The van der Waals surface area contributed by atoms with E-state index in [9.17, 15) is 0 Å². The molecule has 0 spiro atoms. The molecule has 0 unspecified atom stereocenters. The highest BCUT2D eigenvalue weighted by Crippen LogP contribution is 2.41. The number of pyridine rings is 3. The summed E-state index contributed by atoms with van der Waals surface area (Å²) in [5, 5.41) is 4.49. The van der Waals surface area contributed by atoms with Gasteiger partial charge in [0.2, 0.25) is 0 Å². The van der Waals surface area contributed by atoms with E-state index in [0.717, 1.165) is 111 Å². The third-order valence-corrected chi connectivity index (χ3v) is 12.2. The largest absolute Gasteiger partial charge is 0.307 e. The van der Waals surface area contributed by atoms with Crippen molar-refractivity contribution < 1.29 is 0 Å². The number of hydrogen-bond acceptors (Lipinski definition) is 3. The first-order valence-electron chi connectivity index (χ1n) is 21.3. The Kier molecular flexibility index (Phi) is 8.77. The van der Waals surface area contributed by atoms with Gasteiger partial charge in [0.05, 0.1) is 63.3 Å². The summed E-state index contributed by atoms with van der Waals surface area (Å²) >= 11 is 0. The van der Waals surface area contributed by atoms with Crippen LogP contribution in [0.4, 0.5) is 5.69 Å². The molecule has 5 aromatic heterocycles. The molecule has 0 saturated heterocycles. The standard InChI is InChI=1S/C58H36N6/c1-59-43-20-12-19-40(33-43)46-36-58(64-54-28-11-9-22-45(54)48-35-42(30-32-56(48)64)52-26-14-24-50(62-52)39-17-6-3-7-18-39)60-37-57(46)63-53-27-10-8-21-44(53)47-34-41(29-31-55(47)63)51-25-13-23-49(61-51)38-15-4-2-5-16-38/h2-37H. The number of hydrogen-bond donors (Lipinski definition) is 0. The molecule has 0 aliphatic heterocycles. The van der Waals surface area contributed by atoms with Gasteiger partial charge in [-0.25, -0.2) is 19.8 Å². The van der Waals surface area contributed by atoms with Gasteiger partial charge in [-0.3, -0.25) is 4.57 Å². The van der Waals surface area contributed by atoms with E-state index in [1.165, 1.54) is 0 Å². The summed E-state index contributed by atoms with van der Waals surface area (Å²) in [7, 11) is 0. The van der Waals surface area contributed by atoms with E-state index in [0.29, 0.717) is 5.69 Å². The number of para-hydroxylation sites is 2. The minimum Gasteiger partial charge on any atom is -0.307 e. The summed E-state index contributed by atoms with van der Waals surface area (Å²) in [4.78, 5) is 19.3. The van der Waals surface area contributed by atoms with Crippen LogP contribution in [0, 0.1) is 6.57 Å². The molecule has 0 radical (unpaired) electrons. The van der Waals surface area contributed by atoms with Crippen molar-refractivity contribution in [1.82, 2.24) is 24.1 Å². The lowest BCUT2D eigenvalue weighted by atomic mass is 10.0. The molecule has 64 heavy (non-hydrogen) atoms. The second kappa shape index (κ2) is 15.2. The fourth-order valence-electron chi connectivity index (χ4n) is 9.21. The average molecular weight is 817 g/mol. The summed E-state index contributed by atoms with van der Waals surface area (Å²) in [6.45, 7) is 7.93. The first-order chi connectivity index (χ1) is 31.7. The molecule has 12 rings (SSSR count). The lowest BCUT2D eigenvalue weighted by Gasteiger charge is -2.17. The minimum atomic E-state index is 0.577. The molecule has 0 bridgehead atoms. The molecule has 298 valence electrons. The summed E-state index contributed by atoms with van der Waals surface area (Å²) in [5.41, 5.74) is 15.6. The Morgan fingerprint density at radius 3 is 1.41 bits per heavy atom. The normalized spacial score (nSPS) is 11.4. The molecule has 12 aromatic rings. The number of benzene rings is 7. The van der Waals surface area contributed by atoms with Gasteiger partial charge in [0.1, 0.15) is 5.82 Å². The molecule has 0 saturated carbocycles. The molecule has 0 aliphatic rings. The zero-order valence-corrected chi connectivity index (χ0v) is 34.5. The number of fused-ring (bicyclic) bond motifs is 6. The Hall–Kier alpha value is -8.92. The highest BCUT2D eigenvalue weighted by molar-refractivity contribution is 6.12. The van der Waals surface area contributed by atoms with Crippen LogP contribution in [-0.2, 0) is 0 Å². The van der Waals surface area contributed by atoms with Crippen molar-refractivity contribution >= 4 is 49.3 Å². The Labute approximate surface area is 369 Å². The summed E-state index contributed by atoms with van der Waals surface area (Å²) in [6.07, 6.45) is 1.99. The first-order valence-corrected chi connectivity index (χ1v) is 21.3. The maximum atomic E-state index is 7.93. The first kappa shape index (κ1) is 36.9. The minimum absolute atomic E-state index is 0.577. The predicted molar refractivity (Wildman–Crippen MR) is 262 cm³/mol. The van der Waals surface area contributed by atoms with Gasteiger partial charge in [0.25, 0.3) is 0 Å². The monoisotopic (exact) mass is 816 g/mol. The molecule has 0 amide bonds. The SMILES string of the molecule is [C-]#[N+]c1cccc(-c2cc(-n3c4ccccc4c4cc(-c5cccc(-c6ccccc6)n5)ccc43)ncc2-n2c3ccccc3c3cc(-c4cccc(-c5ccccc5)n4)ccc32)c1. The quantitative estimate of drug-likeness (QED) is 0.151. The molecule has 0 aliphatic carbocycles. The maximum absolute atomic E-state index is 7.93. The topological polar surface area (TPSA) is 52.9 Å². The summed E-state index contributed by atoms with van der Waals surface area (Å²) in [5.74, 6) is 0.780. The molecular weight excluding hydrogens is 781 g/mol. The van der Waals surface area contributed by atoms with Crippen LogP contribution in [0.2, 0.25) is 0 Å². The van der Waals surface area contributed by atoms with Crippen molar-refractivity contribution in [3.05, 3.63) is 230 Å². The zero-order valence-electron chi connectivity index (χ0n) is 34.5. The summed E-state index contributed by atoms with van der Waals surface area (Å²) < 4.78 is 4.57. The number of rotatable bonds is 7. The Morgan fingerprint density at radius 2 is 0.828 bits per heavy atom. The molecule has 5 heterocycles. The Bertz CT molecular complexity index is 3800. The second-order valence-electron chi connectivity index (χ2n) is 15.9. The molecule has 0 fully saturated rings. The van der Waals surface area contributed by atoms with Crippen molar-refractivity contribution in [1.29, 1.82) is 0 Å². The molecule has 6 nitrogen and oxygen atoms in total. The van der Waals surface area contributed by atoms with Gasteiger partial charge < -0.3 is 4.57 Å². The van der Waals surface area contributed by atoms with E-state index in [1.54, 1.807) is 0 Å². The maximum Gasteiger partial charge on any atom is 0.187 e. The van der Waals surface area contributed by atoms with Crippen LogP contribution < -0.4 is 0 Å². The van der Waals surface area contributed by atoms with Crippen molar-refractivity contribution in [2.75, 3.05) is 0 Å². The Morgan fingerprint density at radius 1 is 0.359 bits per heavy atom. The van der Waals surface area contributed by atoms with Crippen LogP contribution in [-0.4, -0.2) is 24.1 Å². The van der Waals surface area contributed by atoms with Gasteiger partial charge in [-0.2, -0.15) is 0 Å². The van der Waals surface area contributed by atoms with Crippen LogP contribution in [0.5, 0.6) is 0 Å². The van der Waals surface area contributed by atoms with Crippen molar-refractivity contribution in [2.45, 2.75) is 0 Å². The third-order valence-electron chi connectivity index (χ3n) is 12.2. The van der Waals surface area contributed by atoms with Gasteiger partial charge in [0.15, 0.2) is 5.69 Å². The van der Waals surface area contributed by atoms with E-state index in [1.807, 2.05) is 60.8 Å². The smallest absolute Gasteiger partial charge is 0.187 e. The van der Waals surface area contributed by atoms with Crippen molar-refractivity contribution in [3.8, 4) is 67.7 Å². The average Bonchev–Trinajstić information content (AvgIpc) is 3.89. The van der Waals surface area contributed by atoms with Gasteiger partial charge in [-0.15, -0.1) is 0 Å². The van der Waals surface area contributed by atoms with E-state index >= 15 is 0 Å². The molecule has 0 N–H and O–H groups in total. The third kappa shape index (κ3) is 6.22. The van der Waals surface area contributed by atoms with Gasteiger partial charge in [0, 0.05) is 49.4 Å². The van der Waals surface area contributed by atoms with Crippen molar-refractivity contribution in [2.24, 2.45) is 0 Å². The van der Waals surface area contributed by atoms with Crippen LogP contribution >= 0.6 is 0 Å². The van der Waals surface area contributed by atoms with Crippen LogP contribution in [0.3, 0.4) is 0 Å². The lowest BCUT2D eigenvalue weighted by molar-refractivity contribution is 1.06. The lowest BCUT2D eigenvalue weighted by Crippen LogP contribution is -2.03. The van der Waals surface area contributed by atoms with E-state index in [-0.39, 0.29) is 0 Å². The highest BCUT2D eigenvalue weighted by Gasteiger charge is 2.21.